The molecule has 0 saturated carbocycles. The Hall–Kier alpha value is -2.08. The van der Waals surface area contributed by atoms with Crippen molar-refractivity contribution < 1.29 is 19.1 Å². The number of hydrogen-bond acceptors (Lipinski definition) is 4. The van der Waals surface area contributed by atoms with E-state index in [1.54, 1.807) is 0 Å². The molecule has 160 valence electrons. The van der Waals surface area contributed by atoms with Crippen LogP contribution in [0.3, 0.4) is 0 Å². The van der Waals surface area contributed by atoms with Crippen LogP contribution in [0.4, 0.5) is 0 Å². The number of hydrogen-bond donors (Lipinski definition) is 0. The first-order chi connectivity index (χ1) is 14.2. The van der Waals surface area contributed by atoms with Crippen LogP contribution in [0.25, 0.3) is 0 Å². The maximum atomic E-state index is 13.0. The normalized spacial score (nSPS) is 11.0. The second-order valence-corrected chi connectivity index (χ2v) is 6.86. The average molecular weight is 515 g/mol. The molecule has 0 unspecified atom stereocenters. The van der Waals surface area contributed by atoms with Gasteiger partial charge in [-0.2, -0.15) is 0 Å². The number of carbonyl (C=O) groups is 2. The summed E-state index contributed by atoms with van der Waals surface area (Å²) in [7, 11) is 0. The zero-order valence-electron chi connectivity index (χ0n) is 18.0. The molecule has 0 aliphatic heterocycles. The predicted molar refractivity (Wildman–Crippen MR) is 123 cm³/mol. The Morgan fingerprint density at radius 2 is 1.27 bits per heavy atom. The van der Waals surface area contributed by atoms with Gasteiger partial charge in [-0.15, -0.1) is 0 Å². The average Bonchev–Trinajstić information content (AvgIpc) is 2.75. The summed E-state index contributed by atoms with van der Waals surface area (Å²) in [6.45, 7) is 4.73. The fourth-order valence-corrected chi connectivity index (χ4v) is 2.98. The van der Waals surface area contributed by atoms with Crippen molar-refractivity contribution in [3.05, 3.63) is 83.4 Å². The first-order valence-electron chi connectivity index (χ1n) is 10.3. The molecule has 2 rings (SSSR count). The SMILES string of the molecule is CCCCOC(=O)/C=C(\C(=O)OCCCC)C(c1ccccc1)c1ccccc1.[SnH2]. The fourth-order valence-electron chi connectivity index (χ4n) is 2.98. The van der Waals surface area contributed by atoms with Gasteiger partial charge in [-0.1, -0.05) is 87.4 Å². The summed E-state index contributed by atoms with van der Waals surface area (Å²) in [5, 5.41) is 0. The summed E-state index contributed by atoms with van der Waals surface area (Å²) >= 11 is 0. The number of esters is 2. The molecular formula is C25H32O4Sn. The third-order valence-electron chi connectivity index (χ3n) is 4.56. The zero-order chi connectivity index (χ0) is 20.9. The van der Waals surface area contributed by atoms with Gasteiger partial charge in [0.15, 0.2) is 0 Å². The van der Waals surface area contributed by atoms with Gasteiger partial charge in [-0.05, 0) is 24.0 Å². The summed E-state index contributed by atoms with van der Waals surface area (Å²) in [5.41, 5.74) is 2.12. The molecule has 0 aromatic heterocycles. The third kappa shape index (κ3) is 8.34. The summed E-state index contributed by atoms with van der Waals surface area (Å²) in [6, 6.07) is 19.3. The van der Waals surface area contributed by atoms with E-state index in [1.165, 1.54) is 6.08 Å². The van der Waals surface area contributed by atoms with Crippen molar-refractivity contribution in [2.24, 2.45) is 0 Å². The van der Waals surface area contributed by atoms with Crippen LogP contribution in [0.5, 0.6) is 0 Å². The molecule has 0 aliphatic rings. The van der Waals surface area contributed by atoms with Gasteiger partial charge < -0.3 is 9.47 Å². The van der Waals surface area contributed by atoms with Gasteiger partial charge in [-0.3, -0.25) is 0 Å². The molecule has 0 bridgehead atoms. The van der Waals surface area contributed by atoms with E-state index in [-0.39, 0.29) is 23.9 Å². The fraction of sp³-hybridized carbons (Fsp3) is 0.360. The molecule has 2 radical (unpaired) electrons. The van der Waals surface area contributed by atoms with Crippen LogP contribution in [0, 0.1) is 0 Å². The Kier molecular flexibility index (Phi) is 12.8. The van der Waals surface area contributed by atoms with Crippen LogP contribution in [0.15, 0.2) is 72.3 Å². The Morgan fingerprint density at radius 3 is 1.73 bits per heavy atom. The van der Waals surface area contributed by atoms with Crippen LogP contribution in [0.2, 0.25) is 0 Å². The molecule has 0 fully saturated rings. The van der Waals surface area contributed by atoms with Gasteiger partial charge in [0.05, 0.1) is 18.8 Å². The number of unbranched alkanes of at least 4 members (excludes halogenated alkanes) is 2. The minimum absolute atomic E-state index is 0. The molecule has 0 atom stereocenters. The first-order valence-corrected chi connectivity index (χ1v) is 10.3. The summed E-state index contributed by atoms with van der Waals surface area (Å²) < 4.78 is 10.8. The Morgan fingerprint density at radius 1 is 0.800 bits per heavy atom. The molecule has 2 aromatic carbocycles. The Balaban J connectivity index is 0.00000450. The van der Waals surface area contributed by atoms with Crippen molar-refractivity contribution in [2.45, 2.75) is 45.4 Å². The Labute approximate surface area is 196 Å². The van der Waals surface area contributed by atoms with E-state index in [1.807, 2.05) is 74.5 Å². The predicted octanol–water partition coefficient (Wildman–Crippen LogP) is 4.52. The van der Waals surface area contributed by atoms with E-state index in [4.69, 9.17) is 9.47 Å². The molecule has 0 N–H and O–H groups in total. The van der Waals surface area contributed by atoms with Crippen LogP contribution in [-0.2, 0) is 19.1 Å². The summed E-state index contributed by atoms with van der Waals surface area (Å²) in [6.07, 6.45) is 4.72. The molecule has 5 heteroatoms. The zero-order valence-corrected chi connectivity index (χ0v) is 22.0. The van der Waals surface area contributed by atoms with Gasteiger partial charge in [-0.25, -0.2) is 9.59 Å². The molecule has 0 spiro atoms. The van der Waals surface area contributed by atoms with E-state index in [0.717, 1.165) is 36.8 Å². The molecule has 0 heterocycles. The van der Waals surface area contributed by atoms with Gasteiger partial charge in [0.2, 0.25) is 0 Å². The van der Waals surface area contributed by atoms with Crippen molar-refractivity contribution in [1.29, 1.82) is 0 Å². The number of benzene rings is 2. The van der Waals surface area contributed by atoms with Crippen LogP contribution < -0.4 is 0 Å². The topological polar surface area (TPSA) is 52.6 Å². The van der Waals surface area contributed by atoms with Crippen molar-refractivity contribution in [2.75, 3.05) is 13.2 Å². The van der Waals surface area contributed by atoms with E-state index >= 15 is 0 Å². The quantitative estimate of drug-likeness (QED) is 0.191. The van der Waals surface area contributed by atoms with Crippen LogP contribution in [0.1, 0.15) is 56.6 Å². The minimum atomic E-state index is -0.516. The second kappa shape index (κ2) is 14.8. The molecule has 4 nitrogen and oxygen atoms in total. The molecule has 30 heavy (non-hydrogen) atoms. The maximum absolute atomic E-state index is 13.0. The summed E-state index contributed by atoms with van der Waals surface area (Å²) in [4.78, 5) is 25.4. The number of ether oxygens (including phenoxy) is 2. The van der Waals surface area contributed by atoms with Crippen molar-refractivity contribution in [3.63, 3.8) is 0 Å². The van der Waals surface area contributed by atoms with E-state index in [2.05, 4.69) is 0 Å². The third-order valence-corrected chi connectivity index (χ3v) is 4.56. The molecular weight excluding hydrogens is 483 g/mol. The van der Waals surface area contributed by atoms with Gasteiger partial charge in [0.1, 0.15) is 0 Å². The Bertz CT molecular complexity index is 748. The molecule has 0 aliphatic carbocycles. The standard InChI is InChI=1S/C25H30O4.Sn.2H/c1-3-5-17-28-23(26)19-22(25(27)29-18-6-4-2)24(20-13-9-7-10-14-20)21-15-11-8-12-16-21;;;/h7-16,19,24H,3-6,17-18H2,1-2H3;;;/b22-19-;;;. The summed E-state index contributed by atoms with van der Waals surface area (Å²) in [5.74, 6) is -1.41. The van der Waals surface area contributed by atoms with E-state index in [9.17, 15) is 9.59 Å². The second-order valence-electron chi connectivity index (χ2n) is 6.86. The van der Waals surface area contributed by atoms with Crippen molar-refractivity contribution in [1.82, 2.24) is 0 Å². The van der Waals surface area contributed by atoms with E-state index < -0.39 is 17.9 Å². The molecule has 0 saturated heterocycles. The molecule has 0 amide bonds. The van der Waals surface area contributed by atoms with Crippen molar-refractivity contribution in [3.8, 4) is 0 Å². The van der Waals surface area contributed by atoms with Gasteiger partial charge in [0, 0.05) is 12.0 Å². The monoisotopic (exact) mass is 516 g/mol. The first kappa shape index (κ1) is 26.0. The van der Waals surface area contributed by atoms with Gasteiger partial charge in [0.25, 0.3) is 0 Å². The number of rotatable bonds is 11. The van der Waals surface area contributed by atoms with Crippen molar-refractivity contribution >= 4 is 35.8 Å². The van der Waals surface area contributed by atoms with Gasteiger partial charge >= 0.3 is 35.8 Å². The van der Waals surface area contributed by atoms with Crippen LogP contribution in [-0.4, -0.2) is 49.1 Å². The molecule has 2 aromatic rings. The van der Waals surface area contributed by atoms with Crippen LogP contribution >= 0.6 is 0 Å². The number of carbonyl (C=O) groups excluding carboxylic acids is 2. The van der Waals surface area contributed by atoms with E-state index in [0.29, 0.717) is 18.8 Å².